The van der Waals surface area contributed by atoms with Gasteiger partial charge in [-0.3, -0.25) is 4.79 Å². The van der Waals surface area contributed by atoms with Gasteiger partial charge in [-0.2, -0.15) is 0 Å². The van der Waals surface area contributed by atoms with Crippen LogP contribution in [0.3, 0.4) is 0 Å². The van der Waals surface area contributed by atoms with Crippen LogP contribution in [-0.2, 0) is 4.79 Å². The third-order valence-corrected chi connectivity index (χ3v) is 6.16. The Balaban J connectivity index is 1.46. The molecule has 0 bridgehead atoms. The van der Waals surface area contributed by atoms with Crippen LogP contribution in [0.2, 0.25) is 0 Å². The van der Waals surface area contributed by atoms with Crippen LogP contribution in [0.5, 0.6) is 11.5 Å². The average molecular weight is 445 g/mol. The third-order valence-electron chi connectivity index (χ3n) is 5.86. The number of fused-ring (bicyclic) bond motifs is 1. The number of nitrogens with zero attached hydrogens (tertiary/aromatic N) is 4. The van der Waals surface area contributed by atoms with Gasteiger partial charge in [-0.25, -0.2) is 20.4 Å². The van der Waals surface area contributed by atoms with Gasteiger partial charge in [0.15, 0.2) is 16.6 Å². The highest BCUT2D eigenvalue weighted by Gasteiger charge is 2.38. The molecular formula is C21H28N6O3S. The summed E-state index contributed by atoms with van der Waals surface area (Å²) in [5.41, 5.74) is 4.14. The van der Waals surface area contributed by atoms with Gasteiger partial charge in [0.2, 0.25) is 0 Å². The summed E-state index contributed by atoms with van der Waals surface area (Å²) >= 11 is 5.36. The number of benzene rings is 1. The number of piperidine rings is 1. The second-order valence-corrected chi connectivity index (χ2v) is 8.54. The first kappa shape index (κ1) is 21.5. The summed E-state index contributed by atoms with van der Waals surface area (Å²) in [6, 6.07) is 3.69. The number of carbonyl (C=O) groups excluding carboxylic acids is 1. The molecule has 3 heterocycles. The molecule has 1 aromatic carbocycles. The number of carbonyl (C=O) groups is 1. The first-order chi connectivity index (χ1) is 14.9. The lowest BCUT2D eigenvalue weighted by atomic mass is 10.0. The molecule has 1 amide bonds. The van der Waals surface area contributed by atoms with Crippen LogP contribution in [0.15, 0.2) is 18.5 Å². The average Bonchev–Trinajstić information content (AvgIpc) is 3.06. The Bertz CT molecular complexity index is 992. The highest BCUT2D eigenvalue weighted by molar-refractivity contribution is 7.80. The van der Waals surface area contributed by atoms with Crippen LogP contribution in [0.4, 0.5) is 5.82 Å². The third kappa shape index (κ3) is 4.09. The van der Waals surface area contributed by atoms with Gasteiger partial charge in [-0.1, -0.05) is 13.8 Å². The van der Waals surface area contributed by atoms with Gasteiger partial charge >= 0.3 is 0 Å². The summed E-state index contributed by atoms with van der Waals surface area (Å²) in [5.74, 6) is 2.34. The first-order valence-electron chi connectivity index (χ1n) is 10.4. The van der Waals surface area contributed by atoms with Crippen molar-refractivity contribution < 1.29 is 14.3 Å². The summed E-state index contributed by atoms with van der Waals surface area (Å²) < 4.78 is 10.9. The fourth-order valence-corrected chi connectivity index (χ4v) is 4.37. The van der Waals surface area contributed by atoms with E-state index in [4.69, 9.17) is 21.7 Å². The molecule has 31 heavy (non-hydrogen) atoms. The Morgan fingerprint density at radius 1 is 1.16 bits per heavy atom. The van der Waals surface area contributed by atoms with E-state index in [9.17, 15) is 4.79 Å². The van der Waals surface area contributed by atoms with E-state index in [2.05, 4.69) is 25.6 Å². The van der Waals surface area contributed by atoms with Gasteiger partial charge in [-0.15, -0.1) is 0 Å². The molecule has 2 fully saturated rings. The smallest absolute Gasteiger partial charge is 0.266 e. The van der Waals surface area contributed by atoms with Crippen molar-refractivity contribution in [2.75, 3.05) is 32.2 Å². The number of hydrazine groups is 1. The van der Waals surface area contributed by atoms with Crippen LogP contribution in [0.1, 0.15) is 26.7 Å². The first-order valence-corrected chi connectivity index (χ1v) is 10.9. The number of hydrogen-bond acceptors (Lipinski definition) is 8. The van der Waals surface area contributed by atoms with E-state index >= 15 is 0 Å². The molecule has 9 nitrogen and oxygen atoms in total. The van der Waals surface area contributed by atoms with E-state index in [1.165, 1.54) is 5.01 Å². The van der Waals surface area contributed by atoms with Crippen molar-refractivity contribution in [3.05, 3.63) is 18.5 Å². The maximum atomic E-state index is 12.6. The largest absolute Gasteiger partial charge is 0.493 e. The fourth-order valence-electron chi connectivity index (χ4n) is 4.10. The molecule has 1 atom stereocenters. The van der Waals surface area contributed by atoms with Crippen LogP contribution in [0, 0.1) is 5.92 Å². The number of rotatable bonds is 6. The molecule has 0 aliphatic carbocycles. The minimum absolute atomic E-state index is 0.00901. The van der Waals surface area contributed by atoms with Crippen LogP contribution in [0.25, 0.3) is 10.9 Å². The standard InChI is InChI=1S/C21H28N6O3S/c1-12(2)18-20(28)27(21(31)24-18)25-13-5-7-26(8-6-13)19-14-9-16(29-3)17(30-4)10-15(14)22-11-23-19/h9-13,18,25H,5-8H2,1-4H3,(H,24,31). The maximum absolute atomic E-state index is 12.6. The summed E-state index contributed by atoms with van der Waals surface area (Å²) in [4.78, 5) is 23.8. The van der Waals surface area contributed by atoms with Crippen molar-refractivity contribution in [1.82, 2.24) is 25.7 Å². The zero-order valence-corrected chi connectivity index (χ0v) is 19.0. The van der Waals surface area contributed by atoms with E-state index < -0.39 is 0 Å². The molecule has 10 heteroatoms. The van der Waals surface area contributed by atoms with E-state index in [1.807, 2.05) is 26.0 Å². The molecule has 1 aromatic heterocycles. The summed E-state index contributed by atoms with van der Waals surface area (Å²) in [6.45, 7) is 5.62. The number of amides is 1. The van der Waals surface area contributed by atoms with Crippen LogP contribution in [-0.4, -0.2) is 65.4 Å². The van der Waals surface area contributed by atoms with Crippen molar-refractivity contribution in [3.63, 3.8) is 0 Å². The zero-order chi connectivity index (χ0) is 22.1. The Morgan fingerprint density at radius 3 is 2.45 bits per heavy atom. The number of methoxy groups -OCH3 is 2. The highest BCUT2D eigenvalue weighted by Crippen LogP contribution is 2.35. The summed E-state index contributed by atoms with van der Waals surface area (Å²) in [6.07, 6.45) is 3.29. The second kappa shape index (κ2) is 8.80. The van der Waals surface area contributed by atoms with Crippen molar-refractivity contribution in [3.8, 4) is 11.5 Å². The second-order valence-electron chi connectivity index (χ2n) is 8.16. The fraction of sp³-hybridized carbons (Fsp3) is 0.524. The number of thiocarbonyl (C=S) groups is 1. The Morgan fingerprint density at radius 2 is 1.84 bits per heavy atom. The van der Waals surface area contributed by atoms with Crippen LogP contribution < -0.4 is 25.1 Å². The molecule has 0 spiro atoms. The van der Waals surface area contributed by atoms with Gasteiger partial charge in [0.05, 0.1) is 19.7 Å². The quantitative estimate of drug-likeness (QED) is 0.648. The minimum Gasteiger partial charge on any atom is -0.493 e. The lowest BCUT2D eigenvalue weighted by Gasteiger charge is -2.35. The van der Waals surface area contributed by atoms with Gasteiger partial charge in [-0.05, 0) is 37.0 Å². The number of anilines is 1. The molecule has 2 N–H and O–H groups in total. The lowest BCUT2D eigenvalue weighted by molar-refractivity contribution is -0.130. The van der Waals surface area contributed by atoms with E-state index in [1.54, 1.807) is 20.5 Å². The molecule has 166 valence electrons. The van der Waals surface area contributed by atoms with Crippen molar-refractivity contribution in [2.24, 2.45) is 5.92 Å². The molecular weight excluding hydrogens is 416 g/mol. The molecule has 1 unspecified atom stereocenters. The van der Waals surface area contributed by atoms with E-state index in [-0.39, 0.29) is 23.9 Å². The molecule has 0 radical (unpaired) electrons. The van der Waals surface area contributed by atoms with Crippen LogP contribution >= 0.6 is 12.2 Å². The molecule has 2 aromatic rings. The van der Waals surface area contributed by atoms with Crippen molar-refractivity contribution in [1.29, 1.82) is 0 Å². The molecule has 2 saturated heterocycles. The number of ether oxygens (including phenoxy) is 2. The van der Waals surface area contributed by atoms with Crippen molar-refractivity contribution in [2.45, 2.75) is 38.8 Å². The summed E-state index contributed by atoms with van der Waals surface area (Å²) in [5, 5.41) is 6.00. The van der Waals surface area contributed by atoms with Crippen molar-refractivity contribution >= 4 is 40.0 Å². The topological polar surface area (TPSA) is 91.9 Å². The number of nitrogens with one attached hydrogen (secondary N) is 2. The predicted octanol–water partition coefficient (Wildman–Crippen LogP) is 1.86. The molecule has 2 aliphatic heterocycles. The van der Waals surface area contributed by atoms with Gasteiger partial charge in [0.25, 0.3) is 5.91 Å². The number of hydrogen-bond donors (Lipinski definition) is 2. The molecule has 2 aliphatic rings. The van der Waals surface area contributed by atoms with Gasteiger partial charge in [0, 0.05) is 30.6 Å². The monoisotopic (exact) mass is 444 g/mol. The Kier molecular flexibility index (Phi) is 6.10. The maximum Gasteiger partial charge on any atom is 0.266 e. The minimum atomic E-state index is -0.264. The zero-order valence-electron chi connectivity index (χ0n) is 18.2. The predicted molar refractivity (Wildman–Crippen MR) is 122 cm³/mol. The van der Waals surface area contributed by atoms with E-state index in [0.29, 0.717) is 16.6 Å². The van der Waals surface area contributed by atoms with Gasteiger partial charge in [0.1, 0.15) is 18.2 Å². The number of aromatic nitrogens is 2. The molecule has 4 rings (SSSR count). The Hall–Kier alpha value is -2.72. The summed E-state index contributed by atoms with van der Waals surface area (Å²) in [7, 11) is 3.23. The SMILES string of the molecule is COc1cc2ncnc(N3CCC(NN4C(=O)C(C(C)C)NC4=S)CC3)c2cc1OC. The van der Waals surface area contributed by atoms with Gasteiger partial charge < -0.3 is 19.7 Å². The van der Waals surface area contributed by atoms with E-state index in [0.717, 1.165) is 42.7 Å². The molecule has 0 saturated carbocycles. The normalized spacial score (nSPS) is 20.0. The highest BCUT2D eigenvalue weighted by atomic mass is 32.1. The lowest BCUT2D eigenvalue weighted by Crippen LogP contribution is -2.52. The Labute approximate surface area is 187 Å².